The van der Waals surface area contributed by atoms with E-state index in [0.29, 0.717) is 28.5 Å². The Kier molecular flexibility index (Phi) is 5.73. The zero-order valence-corrected chi connectivity index (χ0v) is 15.8. The summed E-state index contributed by atoms with van der Waals surface area (Å²) in [6.07, 6.45) is 0.860. The predicted molar refractivity (Wildman–Crippen MR) is 106 cm³/mol. The third kappa shape index (κ3) is 4.64. The van der Waals surface area contributed by atoms with Crippen molar-refractivity contribution < 1.29 is 19.4 Å². The van der Waals surface area contributed by atoms with Crippen molar-refractivity contribution in [2.24, 2.45) is 0 Å². The number of aliphatic hydroxyl groups is 1. The van der Waals surface area contributed by atoms with Crippen molar-refractivity contribution in [3.05, 3.63) is 59.1 Å². The van der Waals surface area contributed by atoms with Crippen molar-refractivity contribution in [2.75, 3.05) is 11.9 Å². The standard InChI is InChI=1S/C19H15ClN2O4S/c1-2-26-13-7-8-14-17(9-13)27-19(21-14)22-18(25)16(24)10-15(23)11-3-5-12(20)6-4-11/h3-10,23H,2H2,1H3,(H,21,22,25)/b15-10-. The first-order chi connectivity index (χ1) is 13.0. The topological polar surface area (TPSA) is 88.5 Å². The molecule has 0 saturated carbocycles. The lowest BCUT2D eigenvalue weighted by Crippen LogP contribution is -2.21. The fraction of sp³-hybridized carbons (Fsp3) is 0.105. The molecule has 3 aromatic rings. The molecule has 3 rings (SSSR count). The van der Waals surface area contributed by atoms with Gasteiger partial charge in [0, 0.05) is 16.7 Å². The molecule has 1 aromatic heterocycles. The maximum atomic E-state index is 12.1. The van der Waals surface area contributed by atoms with Gasteiger partial charge in [0.2, 0.25) is 5.78 Å². The van der Waals surface area contributed by atoms with Gasteiger partial charge in [-0.3, -0.25) is 14.9 Å². The van der Waals surface area contributed by atoms with E-state index < -0.39 is 11.7 Å². The monoisotopic (exact) mass is 402 g/mol. The maximum Gasteiger partial charge on any atom is 0.298 e. The van der Waals surface area contributed by atoms with Gasteiger partial charge in [0.1, 0.15) is 11.5 Å². The number of anilines is 1. The first kappa shape index (κ1) is 18.9. The third-order valence-corrected chi connectivity index (χ3v) is 4.71. The Morgan fingerprint density at radius 1 is 1.26 bits per heavy atom. The number of ketones is 1. The molecule has 1 amide bonds. The summed E-state index contributed by atoms with van der Waals surface area (Å²) in [5.74, 6) is -1.40. The number of thiazole rings is 1. The highest BCUT2D eigenvalue weighted by molar-refractivity contribution is 7.22. The number of halogens is 1. The minimum Gasteiger partial charge on any atom is -0.507 e. The molecular weight excluding hydrogens is 388 g/mol. The van der Waals surface area contributed by atoms with Crippen LogP contribution in [-0.4, -0.2) is 28.4 Å². The lowest BCUT2D eigenvalue weighted by molar-refractivity contribution is -0.131. The van der Waals surface area contributed by atoms with E-state index in [0.717, 1.165) is 10.8 Å². The van der Waals surface area contributed by atoms with E-state index >= 15 is 0 Å². The lowest BCUT2D eigenvalue weighted by atomic mass is 10.1. The van der Waals surface area contributed by atoms with Gasteiger partial charge in [-0.15, -0.1) is 0 Å². The number of hydrogen-bond acceptors (Lipinski definition) is 6. The van der Waals surface area contributed by atoms with Crippen LogP contribution in [0.1, 0.15) is 12.5 Å². The van der Waals surface area contributed by atoms with Crippen molar-refractivity contribution >= 4 is 55.7 Å². The molecule has 8 heteroatoms. The number of carbonyl (C=O) groups excluding carboxylic acids is 2. The molecule has 0 saturated heterocycles. The summed E-state index contributed by atoms with van der Waals surface area (Å²) in [4.78, 5) is 28.4. The van der Waals surface area contributed by atoms with Crippen LogP contribution in [0.25, 0.3) is 16.0 Å². The number of rotatable bonds is 6. The van der Waals surface area contributed by atoms with E-state index in [4.69, 9.17) is 16.3 Å². The van der Waals surface area contributed by atoms with Crippen LogP contribution in [0.2, 0.25) is 5.02 Å². The highest BCUT2D eigenvalue weighted by atomic mass is 35.5. The van der Waals surface area contributed by atoms with Crippen LogP contribution in [0.5, 0.6) is 5.75 Å². The quantitative estimate of drug-likeness (QED) is 0.361. The molecule has 0 bridgehead atoms. The Morgan fingerprint density at radius 2 is 2.00 bits per heavy atom. The molecule has 27 heavy (non-hydrogen) atoms. The molecule has 2 N–H and O–H groups in total. The van der Waals surface area contributed by atoms with E-state index in [-0.39, 0.29) is 10.9 Å². The molecule has 6 nitrogen and oxygen atoms in total. The number of ether oxygens (including phenoxy) is 1. The Labute approximate surface area is 164 Å². The molecule has 0 aliphatic heterocycles. The van der Waals surface area contributed by atoms with Crippen LogP contribution >= 0.6 is 22.9 Å². The fourth-order valence-electron chi connectivity index (χ4n) is 2.27. The number of nitrogens with one attached hydrogen (secondary N) is 1. The second-order valence-electron chi connectivity index (χ2n) is 5.44. The predicted octanol–water partition coefficient (Wildman–Crippen LogP) is 4.46. The van der Waals surface area contributed by atoms with E-state index in [1.165, 1.54) is 11.3 Å². The van der Waals surface area contributed by atoms with Gasteiger partial charge >= 0.3 is 0 Å². The van der Waals surface area contributed by atoms with E-state index in [2.05, 4.69) is 10.3 Å². The summed E-state index contributed by atoms with van der Waals surface area (Å²) < 4.78 is 6.25. The van der Waals surface area contributed by atoms with Gasteiger partial charge in [-0.1, -0.05) is 22.9 Å². The summed E-state index contributed by atoms with van der Waals surface area (Å²) >= 11 is 7.00. The normalized spacial score (nSPS) is 11.4. The molecule has 0 aliphatic carbocycles. The second-order valence-corrected chi connectivity index (χ2v) is 6.90. The van der Waals surface area contributed by atoms with Gasteiger partial charge < -0.3 is 9.84 Å². The van der Waals surface area contributed by atoms with E-state index in [9.17, 15) is 14.7 Å². The average Bonchev–Trinajstić information content (AvgIpc) is 3.03. The van der Waals surface area contributed by atoms with Crippen LogP contribution < -0.4 is 10.1 Å². The van der Waals surface area contributed by atoms with Crippen LogP contribution in [0.15, 0.2) is 48.5 Å². The number of nitrogens with zero attached hydrogens (tertiary/aromatic N) is 1. The Morgan fingerprint density at radius 3 is 2.70 bits per heavy atom. The van der Waals surface area contributed by atoms with Crippen molar-refractivity contribution in [1.29, 1.82) is 0 Å². The molecule has 0 aliphatic rings. The largest absolute Gasteiger partial charge is 0.507 e. The van der Waals surface area contributed by atoms with E-state index in [1.807, 2.05) is 13.0 Å². The molecule has 0 radical (unpaired) electrons. The first-order valence-corrected chi connectivity index (χ1v) is 9.21. The summed E-state index contributed by atoms with van der Waals surface area (Å²) in [5.41, 5.74) is 1.06. The minimum absolute atomic E-state index is 0.288. The van der Waals surface area contributed by atoms with Crippen molar-refractivity contribution in [1.82, 2.24) is 4.98 Å². The number of aliphatic hydroxyl groups excluding tert-OH is 1. The van der Waals surface area contributed by atoms with Gasteiger partial charge in [0.05, 0.1) is 16.8 Å². The van der Waals surface area contributed by atoms with Crippen LogP contribution in [0.3, 0.4) is 0 Å². The van der Waals surface area contributed by atoms with Crippen molar-refractivity contribution in [3.63, 3.8) is 0 Å². The molecule has 138 valence electrons. The van der Waals surface area contributed by atoms with Crippen molar-refractivity contribution in [3.8, 4) is 5.75 Å². The number of benzene rings is 2. The number of hydrogen-bond donors (Lipinski definition) is 2. The molecule has 0 fully saturated rings. The SMILES string of the molecule is CCOc1ccc2nc(NC(=O)C(=O)/C=C(\O)c3ccc(Cl)cc3)sc2c1. The zero-order valence-electron chi connectivity index (χ0n) is 14.2. The molecule has 2 aromatic carbocycles. The Bertz CT molecular complexity index is 1030. The number of fused-ring (bicyclic) bond motifs is 1. The lowest BCUT2D eigenvalue weighted by Gasteiger charge is -2.01. The summed E-state index contributed by atoms with van der Waals surface area (Å²) in [6, 6.07) is 11.6. The van der Waals surface area contributed by atoms with Crippen LogP contribution in [0.4, 0.5) is 5.13 Å². The zero-order chi connectivity index (χ0) is 19.4. The number of aromatic nitrogens is 1. The molecular formula is C19H15ClN2O4S. The summed E-state index contributed by atoms with van der Waals surface area (Å²) in [7, 11) is 0. The highest BCUT2D eigenvalue weighted by Gasteiger charge is 2.16. The van der Waals surface area contributed by atoms with E-state index in [1.54, 1.807) is 36.4 Å². The minimum atomic E-state index is -0.892. The summed E-state index contributed by atoms with van der Waals surface area (Å²) in [6.45, 7) is 2.44. The Balaban J connectivity index is 1.72. The number of carbonyl (C=O) groups is 2. The van der Waals surface area contributed by atoms with Gasteiger partial charge in [0.15, 0.2) is 5.13 Å². The van der Waals surface area contributed by atoms with Crippen LogP contribution in [0, 0.1) is 0 Å². The van der Waals surface area contributed by atoms with Crippen molar-refractivity contribution in [2.45, 2.75) is 6.92 Å². The molecule has 0 unspecified atom stereocenters. The molecule has 0 atom stereocenters. The Hall–Kier alpha value is -2.90. The number of amides is 1. The smallest absolute Gasteiger partial charge is 0.298 e. The maximum absolute atomic E-state index is 12.1. The molecule has 0 spiro atoms. The van der Waals surface area contributed by atoms with Gasteiger partial charge in [0.25, 0.3) is 5.91 Å². The van der Waals surface area contributed by atoms with Crippen LogP contribution in [-0.2, 0) is 9.59 Å². The fourth-order valence-corrected chi connectivity index (χ4v) is 3.28. The van der Waals surface area contributed by atoms with Gasteiger partial charge in [-0.25, -0.2) is 4.98 Å². The molecule has 1 heterocycles. The second kappa shape index (κ2) is 8.20. The highest BCUT2D eigenvalue weighted by Crippen LogP contribution is 2.29. The third-order valence-electron chi connectivity index (χ3n) is 3.52. The van der Waals surface area contributed by atoms with Gasteiger partial charge in [-0.2, -0.15) is 0 Å². The average molecular weight is 403 g/mol. The van der Waals surface area contributed by atoms with Gasteiger partial charge in [-0.05, 0) is 49.4 Å². The summed E-state index contributed by atoms with van der Waals surface area (Å²) in [5, 5.41) is 13.2. The first-order valence-electron chi connectivity index (χ1n) is 8.01.